The first-order valence-corrected chi connectivity index (χ1v) is 5.09. The standard InChI is InChI=1S/C9H10N2OS/c10-5-9(1-2-12-6-9)3-8-4-11-7-13-8/h4,7H,1-3,6H2. The fourth-order valence-corrected chi connectivity index (χ4v) is 2.28. The van der Waals surface area contributed by atoms with E-state index in [9.17, 15) is 0 Å². The molecule has 1 saturated heterocycles. The van der Waals surface area contributed by atoms with Gasteiger partial charge in [-0.25, -0.2) is 0 Å². The molecule has 0 saturated carbocycles. The average Bonchev–Trinajstić information content (AvgIpc) is 2.77. The number of nitrogens with zero attached hydrogens (tertiary/aromatic N) is 2. The fraction of sp³-hybridized carbons (Fsp3) is 0.556. The van der Waals surface area contributed by atoms with Crippen molar-refractivity contribution in [3.05, 3.63) is 16.6 Å². The highest BCUT2D eigenvalue weighted by Crippen LogP contribution is 2.32. The minimum atomic E-state index is -0.285. The van der Waals surface area contributed by atoms with E-state index in [-0.39, 0.29) is 5.41 Å². The van der Waals surface area contributed by atoms with Gasteiger partial charge in [-0.1, -0.05) is 0 Å². The Bertz CT molecular complexity index is 309. The van der Waals surface area contributed by atoms with E-state index in [1.807, 2.05) is 6.20 Å². The van der Waals surface area contributed by atoms with Crippen molar-refractivity contribution in [1.82, 2.24) is 4.98 Å². The lowest BCUT2D eigenvalue weighted by Crippen LogP contribution is -2.21. The van der Waals surface area contributed by atoms with Crippen LogP contribution in [-0.2, 0) is 11.2 Å². The Kier molecular flexibility index (Phi) is 2.30. The van der Waals surface area contributed by atoms with Crippen LogP contribution in [0.5, 0.6) is 0 Å². The zero-order valence-corrected chi connectivity index (χ0v) is 8.01. The van der Waals surface area contributed by atoms with Crippen molar-refractivity contribution in [2.24, 2.45) is 5.41 Å². The topological polar surface area (TPSA) is 45.9 Å². The first kappa shape index (κ1) is 8.67. The van der Waals surface area contributed by atoms with Crippen LogP contribution in [-0.4, -0.2) is 18.2 Å². The molecule has 68 valence electrons. The van der Waals surface area contributed by atoms with Crippen LogP contribution in [0.4, 0.5) is 0 Å². The molecule has 4 heteroatoms. The van der Waals surface area contributed by atoms with E-state index < -0.39 is 0 Å². The van der Waals surface area contributed by atoms with Crippen molar-refractivity contribution < 1.29 is 4.74 Å². The van der Waals surface area contributed by atoms with Gasteiger partial charge in [0.25, 0.3) is 0 Å². The summed E-state index contributed by atoms with van der Waals surface area (Å²) in [6, 6.07) is 2.37. The molecule has 1 atom stereocenters. The molecule has 13 heavy (non-hydrogen) atoms. The lowest BCUT2D eigenvalue weighted by molar-refractivity contribution is 0.172. The summed E-state index contributed by atoms with van der Waals surface area (Å²) in [7, 11) is 0. The SMILES string of the molecule is N#CC1(Cc2cncs2)CCOC1. The van der Waals surface area contributed by atoms with Gasteiger partial charge in [0.05, 0.1) is 23.6 Å². The van der Waals surface area contributed by atoms with Gasteiger partial charge in [0.1, 0.15) is 0 Å². The Hall–Kier alpha value is -0.920. The predicted octanol–water partition coefficient (Wildman–Crippen LogP) is 1.62. The Morgan fingerprint density at radius 3 is 3.23 bits per heavy atom. The predicted molar refractivity (Wildman–Crippen MR) is 49.3 cm³/mol. The Morgan fingerprint density at radius 2 is 2.69 bits per heavy atom. The molecule has 1 aromatic heterocycles. The van der Waals surface area contributed by atoms with E-state index >= 15 is 0 Å². The van der Waals surface area contributed by atoms with Crippen molar-refractivity contribution >= 4 is 11.3 Å². The summed E-state index contributed by atoms with van der Waals surface area (Å²) >= 11 is 1.61. The van der Waals surface area contributed by atoms with Gasteiger partial charge in [0.15, 0.2) is 0 Å². The molecule has 0 aromatic carbocycles. The largest absolute Gasteiger partial charge is 0.380 e. The van der Waals surface area contributed by atoms with E-state index in [1.165, 1.54) is 4.88 Å². The summed E-state index contributed by atoms with van der Waals surface area (Å²) < 4.78 is 5.26. The summed E-state index contributed by atoms with van der Waals surface area (Å²) in [6.45, 7) is 1.29. The molecule has 0 amide bonds. The van der Waals surface area contributed by atoms with E-state index in [0.717, 1.165) is 12.8 Å². The molecule has 2 heterocycles. The van der Waals surface area contributed by atoms with E-state index in [2.05, 4.69) is 11.1 Å². The third-order valence-corrected chi connectivity index (χ3v) is 3.12. The van der Waals surface area contributed by atoms with Gasteiger partial charge in [-0.2, -0.15) is 5.26 Å². The minimum absolute atomic E-state index is 0.285. The average molecular weight is 194 g/mol. The summed E-state index contributed by atoms with van der Waals surface area (Å²) in [5, 5.41) is 9.07. The second-order valence-corrected chi connectivity index (χ2v) is 4.31. The Labute approximate surface area is 81.0 Å². The molecule has 0 N–H and O–H groups in total. The second-order valence-electron chi connectivity index (χ2n) is 3.34. The summed E-state index contributed by atoms with van der Waals surface area (Å²) in [6.07, 6.45) is 3.47. The van der Waals surface area contributed by atoms with Crippen LogP contribution in [0.3, 0.4) is 0 Å². The highest BCUT2D eigenvalue weighted by molar-refractivity contribution is 7.09. The van der Waals surface area contributed by atoms with Crippen molar-refractivity contribution in [3.63, 3.8) is 0 Å². The minimum Gasteiger partial charge on any atom is -0.380 e. The van der Waals surface area contributed by atoms with E-state index in [1.54, 1.807) is 16.8 Å². The van der Waals surface area contributed by atoms with Gasteiger partial charge in [0, 0.05) is 24.1 Å². The number of nitriles is 1. The van der Waals surface area contributed by atoms with Crippen molar-refractivity contribution in [2.75, 3.05) is 13.2 Å². The van der Waals surface area contributed by atoms with Crippen LogP contribution in [0.25, 0.3) is 0 Å². The first-order valence-electron chi connectivity index (χ1n) is 4.21. The van der Waals surface area contributed by atoms with Crippen LogP contribution in [0, 0.1) is 16.7 Å². The van der Waals surface area contributed by atoms with Crippen molar-refractivity contribution in [3.8, 4) is 6.07 Å². The van der Waals surface area contributed by atoms with Gasteiger partial charge in [-0.05, 0) is 6.42 Å². The van der Waals surface area contributed by atoms with Crippen LogP contribution >= 0.6 is 11.3 Å². The number of hydrogen-bond acceptors (Lipinski definition) is 4. The quantitative estimate of drug-likeness (QED) is 0.718. The number of aromatic nitrogens is 1. The van der Waals surface area contributed by atoms with Gasteiger partial charge in [-0.3, -0.25) is 4.98 Å². The van der Waals surface area contributed by atoms with Crippen molar-refractivity contribution in [2.45, 2.75) is 12.8 Å². The normalized spacial score (nSPS) is 27.3. The van der Waals surface area contributed by atoms with Crippen LogP contribution in [0.15, 0.2) is 11.7 Å². The lowest BCUT2D eigenvalue weighted by Gasteiger charge is -2.16. The molecule has 0 bridgehead atoms. The third kappa shape index (κ3) is 1.71. The molecule has 1 aromatic rings. The zero-order valence-electron chi connectivity index (χ0n) is 7.19. The maximum Gasteiger partial charge on any atom is 0.0877 e. The lowest BCUT2D eigenvalue weighted by atomic mass is 9.85. The van der Waals surface area contributed by atoms with Crippen molar-refractivity contribution in [1.29, 1.82) is 5.26 Å². The summed E-state index contributed by atoms with van der Waals surface area (Å²) in [4.78, 5) is 5.17. The van der Waals surface area contributed by atoms with Crippen LogP contribution in [0.2, 0.25) is 0 Å². The molecule has 0 spiro atoms. The Balaban J connectivity index is 2.11. The van der Waals surface area contributed by atoms with Crippen LogP contribution in [0.1, 0.15) is 11.3 Å². The fourth-order valence-electron chi connectivity index (χ4n) is 1.54. The Morgan fingerprint density at radius 1 is 1.77 bits per heavy atom. The summed E-state index contributed by atoms with van der Waals surface area (Å²) in [5.41, 5.74) is 1.52. The molecular formula is C9H10N2OS. The second kappa shape index (κ2) is 3.44. The maximum atomic E-state index is 9.07. The number of rotatable bonds is 2. The van der Waals surface area contributed by atoms with E-state index in [0.29, 0.717) is 13.2 Å². The molecule has 1 fully saturated rings. The van der Waals surface area contributed by atoms with Gasteiger partial charge >= 0.3 is 0 Å². The smallest absolute Gasteiger partial charge is 0.0877 e. The highest BCUT2D eigenvalue weighted by atomic mass is 32.1. The molecule has 0 radical (unpaired) electrons. The summed E-state index contributed by atoms with van der Waals surface area (Å²) in [5.74, 6) is 0. The molecule has 1 aliphatic heterocycles. The monoisotopic (exact) mass is 194 g/mol. The first-order chi connectivity index (χ1) is 6.35. The number of thiazole rings is 1. The number of hydrogen-bond donors (Lipinski definition) is 0. The molecule has 2 rings (SSSR count). The third-order valence-electron chi connectivity index (χ3n) is 2.34. The molecule has 0 aliphatic carbocycles. The van der Waals surface area contributed by atoms with E-state index in [4.69, 9.17) is 10.00 Å². The van der Waals surface area contributed by atoms with Gasteiger partial charge in [0.2, 0.25) is 0 Å². The highest BCUT2D eigenvalue weighted by Gasteiger charge is 2.35. The molecule has 3 nitrogen and oxygen atoms in total. The maximum absolute atomic E-state index is 9.07. The molecular weight excluding hydrogens is 184 g/mol. The molecule has 1 aliphatic rings. The van der Waals surface area contributed by atoms with Gasteiger partial charge in [-0.15, -0.1) is 11.3 Å². The van der Waals surface area contributed by atoms with Gasteiger partial charge < -0.3 is 4.74 Å². The zero-order chi connectivity index (χ0) is 9.15. The number of ether oxygens (including phenoxy) is 1. The van der Waals surface area contributed by atoms with Crippen LogP contribution < -0.4 is 0 Å². The molecule has 1 unspecified atom stereocenters.